The van der Waals surface area contributed by atoms with Gasteiger partial charge in [0.2, 0.25) is 0 Å². The lowest BCUT2D eigenvalue weighted by molar-refractivity contribution is -0.628. The standard InChI is InChI=1S/C31H27N2S/c1-18-24(17-19-11-6-7-12-20(19)26(18)31(2,3)4)29-32(5)28-23-15-10-14-22-21-13-8-9-16-25(21)33(27(22)23)30(28)34-29/h6-17H,1-5H3/q+1. The molecule has 3 heterocycles. The molecule has 2 nitrogen and oxygen atoms in total. The summed E-state index contributed by atoms with van der Waals surface area (Å²) in [6.07, 6.45) is 0. The number of hydrogen-bond acceptors (Lipinski definition) is 1. The first-order valence-corrected chi connectivity index (χ1v) is 12.8. The Kier molecular flexibility index (Phi) is 3.87. The van der Waals surface area contributed by atoms with Gasteiger partial charge in [0.15, 0.2) is 4.83 Å². The zero-order valence-electron chi connectivity index (χ0n) is 20.2. The predicted octanol–water partition coefficient (Wildman–Crippen LogP) is 8.15. The van der Waals surface area contributed by atoms with Gasteiger partial charge in [-0.25, -0.2) is 0 Å². The first-order valence-electron chi connectivity index (χ1n) is 11.9. The third-order valence-electron chi connectivity index (χ3n) is 7.48. The summed E-state index contributed by atoms with van der Waals surface area (Å²) in [6.45, 7) is 9.31. The molecule has 3 heteroatoms. The summed E-state index contributed by atoms with van der Waals surface area (Å²) in [5.41, 5.74) is 8.21. The van der Waals surface area contributed by atoms with Gasteiger partial charge in [0.1, 0.15) is 7.05 Å². The van der Waals surface area contributed by atoms with Crippen molar-refractivity contribution < 1.29 is 4.57 Å². The van der Waals surface area contributed by atoms with Gasteiger partial charge in [-0.15, -0.1) is 0 Å². The van der Waals surface area contributed by atoms with Crippen molar-refractivity contribution in [3.63, 3.8) is 0 Å². The molecule has 0 radical (unpaired) electrons. The molecule has 0 saturated heterocycles. The van der Waals surface area contributed by atoms with E-state index in [4.69, 9.17) is 0 Å². The molecule has 0 aliphatic rings. The van der Waals surface area contributed by atoms with E-state index in [1.54, 1.807) is 0 Å². The number of aryl methyl sites for hydroxylation is 1. The third-order valence-corrected chi connectivity index (χ3v) is 8.73. The molecule has 0 fully saturated rings. The summed E-state index contributed by atoms with van der Waals surface area (Å²) in [5, 5.41) is 8.01. The predicted molar refractivity (Wildman–Crippen MR) is 147 cm³/mol. The van der Waals surface area contributed by atoms with Crippen molar-refractivity contribution in [2.24, 2.45) is 7.05 Å². The smallest absolute Gasteiger partial charge is 0.271 e. The van der Waals surface area contributed by atoms with Crippen molar-refractivity contribution in [3.8, 4) is 10.6 Å². The normalized spacial score (nSPS) is 12.9. The molecule has 0 N–H and O–H groups in total. The zero-order chi connectivity index (χ0) is 23.4. The monoisotopic (exact) mass is 459 g/mol. The van der Waals surface area contributed by atoms with Crippen molar-refractivity contribution in [2.45, 2.75) is 33.1 Å². The molecule has 0 unspecified atom stereocenters. The summed E-state index contributed by atoms with van der Waals surface area (Å²) in [5.74, 6) is 0. The van der Waals surface area contributed by atoms with Crippen molar-refractivity contribution in [2.75, 3.05) is 0 Å². The van der Waals surface area contributed by atoms with Crippen LogP contribution in [0.2, 0.25) is 0 Å². The van der Waals surface area contributed by atoms with Crippen LogP contribution in [0.4, 0.5) is 0 Å². The lowest BCUT2D eigenvalue weighted by Gasteiger charge is -2.25. The summed E-state index contributed by atoms with van der Waals surface area (Å²) in [6, 6.07) is 26.8. The number of hydrogen-bond donors (Lipinski definition) is 0. The Balaban J connectivity index is 1.64. The van der Waals surface area contributed by atoms with E-state index in [1.807, 2.05) is 11.3 Å². The Bertz CT molecular complexity index is 1910. The average Bonchev–Trinajstić information content (AvgIpc) is 3.44. The van der Waals surface area contributed by atoms with Gasteiger partial charge in [-0.3, -0.25) is 4.40 Å². The Morgan fingerprint density at radius 1 is 0.794 bits per heavy atom. The molecule has 0 aliphatic carbocycles. The topological polar surface area (TPSA) is 8.29 Å². The average molecular weight is 460 g/mol. The number of benzene rings is 4. The second kappa shape index (κ2) is 6.58. The molecule has 7 rings (SSSR count). The quantitative estimate of drug-likeness (QED) is 0.219. The van der Waals surface area contributed by atoms with E-state index >= 15 is 0 Å². The Morgan fingerprint density at radius 2 is 1.47 bits per heavy atom. The lowest BCUT2D eigenvalue weighted by Crippen LogP contribution is -2.28. The minimum Gasteiger partial charge on any atom is -0.294 e. The molecule has 34 heavy (non-hydrogen) atoms. The second-order valence-corrected chi connectivity index (χ2v) is 11.5. The molecule has 0 bridgehead atoms. The van der Waals surface area contributed by atoms with Gasteiger partial charge in [0.05, 0.1) is 22.0 Å². The molecule has 0 amide bonds. The summed E-state index contributed by atoms with van der Waals surface area (Å²) in [7, 11) is 2.24. The van der Waals surface area contributed by atoms with E-state index in [1.165, 1.54) is 70.0 Å². The molecule has 0 atom stereocenters. The van der Waals surface area contributed by atoms with Gasteiger partial charge in [-0.2, -0.15) is 4.57 Å². The highest BCUT2D eigenvalue weighted by molar-refractivity contribution is 7.21. The fraction of sp³-hybridized carbons (Fsp3) is 0.194. The number of nitrogens with zero attached hydrogens (tertiary/aromatic N) is 2. The minimum absolute atomic E-state index is 0.0631. The summed E-state index contributed by atoms with van der Waals surface area (Å²) in [4.78, 5) is 1.33. The van der Waals surface area contributed by atoms with Crippen LogP contribution in [0, 0.1) is 6.92 Å². The van der Waals surface area contributed by atoms with Crippen LogP contribution in [-0.2, 0) is 12.5 Å². The molecular formula is C31H27N2S+. The van der Waals surface area contributed by atoms with Crippen LogP contribution in [-0.4, -0.2) is 4.40 Å². The van der Waals surface area contributed by atoms with Crippen LogP contribution in [0.1, 0.15) is 31.9 Å². The molecule has 166 valence electrons. The van der Waals surface area contributed by atoms with Crippen LogP contribution in [0.15, 0.2) is 72.8 Å². The molecular weight excluding hydrogens is 432 g/mol. The molecule has 3 aromatic heterocycles. The highest BCUT2D eigenvalue weighted by Gasteiger charge is 2.31. The molecule has 0 spiro atoms. The van der Waals surface area contributed by atoms with Crippen molar-refractivity contribution >= 4 is 59.6 Å². The maximum absolute atomic E-state index is 2.49. The van der Waals surface area contributed by atoms with Gasteiger partial charge >= 0.3 is 0 Å². The van der Waals surface area contributed by atoms with Crippen LogP contribution >= 0.6 is 11.3 Å². The van der Waals surface area contributed by atoms with Crippen molar-refractivity contribution in [1.82, 2.24) is 4.40 Å². The van der Waals surface area contributed by atoms with E-state index < -0.39 is 0 Å². The van der Waals surface area contributed by atoms with Crippen LogP contribution in [0.25, 0.3) is 58.9 Å². The van der Waals surface area contributed by atoms with E-state index in [0.29, 0.717) is 0 Å². The molecule has 0 saturated carbocycles. The van der Waals surface area contributed by atoms with Gasteiger partial charge < -0.3 is 0 Å². The maximum atomic E-state index is 2.49. The first kappa shape index (κ1) is 20.0. The van der Waals surface area contributed by atoms with Crippen LogP contribution in [0.5, 0.6) is 0 Å². The number of para-hydroxylation sites is 2. The lowest BCUT2D eigenvalue weighted by atomic mass is 9.79. The van der Waals surface area contributed by atoms with E-state index in [2.05, 4.69) is 117 Å². The maximum Gasteiger partial charge on any atom is 0.271 e. The minimum atomic E-state index is 0.0631. The Morgan fingerprint density at radius 3 is 2.26 bits per heavy atom. The van der Waals surface area contributed by atoms with Crippen LogP contribution in [0.3, 0.4) is 0 Å². The number of aromatic nitrogens is 2. The van der Waals surface area contributed by atoms with Crippen molar-refractivity contribution in [3.05, 3.63) is 83.9 Å². The van der Waals surface area contributed by atoms with Gasteiger partial charge in [-0.1, -0.05) is 75.4 Å². The van der Waals surface area contributed by atoms with Gasteiger partial charge in [0, 0.05) is 10.8 Å². The number of fused-ring (bicyclic) bond motifs is 7. The summed E-state index contributed by atoms with van der Waals surface area (Å²) >= 11 is 1.92. The summed E-state index contributed by atoms with van der Waals surface area (Å²) < 4.78 is 4.92. The fourth-order valence-electron chi connectivity index (χ4n) is 6.20. The fourth-order valence-corrected chi connectivity index (χ4v) is 7.55. The molecule has 4 aromatic carbocycles. The van der Waals surface area contributed by atoms with Gasteiger partial charge in [0.25, 0.3) is 10.5 Å². The van der Waals surface area contributed by atoms with E-state index in [-0.39, 0.29) is 5.41 Å². The number of rotatable bonds is 1. The number of thiazole rings is 1. The molecule has 7 aromatic rings. The first-order chi connectivity index (χ1) is 16.4. The largest absolute Gasteiger partial charge is 0.294 e. The Labute approximate surface area is 203 Å². The highest BCUT2D eigenvalue weighted by atomic mass is 32.1. The Hall–Kier alpha value is -3.43. The third kappa shape index (κ3) is 2.43. The van der Waals surface area contributed by atoms with E-state index in [0.717, 1.165) is 0 Å². The highest BCUT2D eigenvalue weighted by Crippen LogP contribution is 2.44. The SMILES string of the molecule is Cc1c(-c2sc3c(c4cccc5c6ccccc6n3c54)[n+]2C)cc2ccccc2c1C(C)(C)C. The van der Waals surface area contributed by atoms with Crippen molar-refractivity contribution in [1.29, 1.82) is 0 Å². The van der Waals surface area contributed by atoms with E-state index in [9.17, 15) is 0 Å². The second-order valence-electron chi connectivity index (χ2n) is 10.6. The molecule has 0 aliphatic heterocycles. The van der Waals surface area contributed by atoms with Crippen LogP contribution < -0.4 is 4.57 Å². The zero-order valence-corrected chi connectivity index (χ0v) is 21.0. The van der Waals surface area contributed by atoms with Gasteiger partial charge in [-0.05, 0) is 63.8 Å².